The molecule has 2 aromatic rings. The van der Waals surface area contributed by atoms with Crippen LogP contribution in [-0.2, 0) is 11.0 Å². The van der Waals surface area contributed by atoms with E-state index in [1.54, 1.807) is 4.90 Å². The van der Waals surface area contributed by atoms with Gasteiger partial charge in [0, 0.05) is 51.2 Å². The quantitative estimate of drug-likeness (QED) is 0.763. The molecule has 0 saturated carbocycles. The van der Waals surface area contributed by atoms with Gasteiger partial charge in [-0.3, -0.25) is 4.79 Å². The van der Waals surface area contributed by atoms with Crippen LogP contribution in [-0.4, -0.2) is 55.1 Å². The van der Waals surface area contributed by atoms with Crippen LogP contribution >= 0.6 is 0 Å². The van der Waals surface area contributed by atoms with E-state index in [1.807, 2.05) is 23.1 Å². The summed E-state index contributed by atoms with van der Waals surface area (Å²) in [6.45, 7) is 3.52. The molecule has 0 N–H and O–H groups in total. The Bertz CT molecular complexity index is 866. The molecule has 0 radical (unpaired) electrons. The first-order valence-corrected chi connectivity index (χ1v) is 10.3. The smallest absolute Gasteiger partial charge is 0.368 e. The van der Waals surface area contributed by atoms with E-state index in [1.165, 1.54) is 12.3 Å². The van der Waals surface area contributed by atoms with E-state index in [0.717, 1.165) is 24.8 Å². The minimum absolute atomic E-state index is 0.0388. The lowest BCUT2D eigenvalue weighted by molar-refractivity contribution is -0.137. The molecule has 5 nitrogen and oxygen atoms in total. The van der Waals surface area contributed by atoms with Crippen molar-refractivity contribution in [1.82, 2.24) is 9.88 Å². The highest BCUT2D eigenvalue weighted by Gasteiger charge is 2.38. The fourth-order valence-corrected chi connectivity index (χ4v) is 4.32. The van der Waals surface area contributed by atoms with Gasteiger partial charge in [0.15, 0.2) is 0 Å². The molecule has 2 fully saturated rings. The second kappa shape index (κ2) is 8.53. The Labute approximate surface area is 174 Å². The van der Waals surface area contributed by atoms with Crippen LogP contribution in [0.15, 0.2) is 48.7 Å². The van der Waals surface area contributed by atoms with Gasteiger partial charge in [-0.2, -0.15) is 13.2 Å². The summed E-state index contributed by atoms with van der Waals surface area (Å²) in [6, 6.07) is 12.4. The molecule has 1 aromatic carbocycles. The number of alkyl halides is 3. The molecule has 3 heterocycles. The standard InChI is InChI=1S/C22H25F3N4O/c23-22(24,25)19-9-4-10-26-20(19)29-11-5-6-17(16-29)21(30)28-14-12-27(13-15-28)18-7-2-1-3-8-18/h1-4,7-10,17H,5-6,11-16H2. The number of halogens is 3. The molecule has 0 bridgehead atoms. The number of piperazine rings is 1. The van der Waals surface area contributed by atoms with E-state index in [0.29, 0.717) is 32.5 Å². The zero-order valence-corrected chi connectivity index (χ0v) is 16.7. The highest BCUT2D eigenvalue weighted by atomic mass is 19.4. The van der Waals surface area contributed by atoms with Gasteiger partial charge in [0.25, 0.3) is 0 Å². The fraction of sp³-hybridized carbons (Fsp3) is 0.455. The molecule has 0 spiro atoms. The number of para-hydroxylation sites is 1. The maximum absolute atomic E-state index is 13.4. The number of hydrogen-bond donors (Lipinski definition) is 0. The third kappa shape index (κ3) is 4.37. The van der Waals surface area contributed by atoms with Gasteiger partial charge in [0.1, 0.15) is 5.82 Å². The van der Waals surface area contributed by atoms with E-state index < -0.39 is 11.7 Å². The number of anilines is 2. The number of carbonyl (C=O) groups is 1. The Kier molecular flexibility index (Phi) is 5.83. The van der Waals surface area contributed by atoms with E-state index in [4.69, 9.17) is 0 Å². The van der Waals surface area contributed by atoms with Crippen molar-refractivity contribution >= 4 is 17.4 Å². The average Bonchev–Trinajstić information content (AvgIpc) is 2.79. The van der Waals surface area contributed by atoms with Gasteiger partial charge in [-0.1, -0.05) is 18.2 Å². The van der Waals surface area contributed by atoms with Crippen molar-refractivity contribution in [3.05, 3.63) is 54.2 Å². The average molecular weight is 418 g/mol. The van der Waals surface area contributed by atoms with Gasteiger partial charge in [0.2, 0.25) is 5.91 Å². The summed E-state index contributed by atoms with van der Waals surface area (Å²) < 4.78 is 40.1. The Morgan fingerprint density at radius 3 is 2.37 bits per heavy atom. The van der Waals surface area contributed by atoms with Crippen molar-refractivity contribution in [2.75, 3.05) is 49.1 Å². The highest BCUT2D eigenvalue weighted by molar-refractivity contribution is 5.80. The number of benzene rings is 1. The van der Waals surface area contributed by atoms with Gasteiger partial charge in [-0.15, -0.1) is 0 Å². The predicted octanol–water partition coefficient (Wildman–Crippen LogP) is 3.67. The van der Waals surface area contributed by atoms with Gasteiger partial charge < -0.3 is 14.7 Å². The van der Waals surface area contributed by atoms with Crippen molar-refractivity contribution in [2.24, 2.45) is 5.92 Å². The second-order valence-corrected chi connectivity index (χ2v) is 7.81. The normalized spacial score (nSPS) is 20.4. The molecule has 2 saturated heterocycles. The van der Waals surface area contributed by atoms with E-state index in [9.17, 15) is 18.0 Å². The first-order chi connectivity index (χ1) is 14.4. The lowest BCUT2D eigenvalue weighted by Gasteiger charge is -2.40. The number of hydrogen-bond acceptors (Lipinski definition) is 4. The number of nitrogens with zero attached hydrogens (tertiary/aromatic N) is 4. The van der Waals surface area contributed by atoms with Crippen LogP contribution in [0.5, 0.6) is 0 Å². The molecule has 1 aromatic heterocycles. The molecule has 0 aliphatic carbocycles. The Morgan fingerprint density at radius 2 is 1.67 bits per heavy atom. The lowest BCUT2D eigenvalue weighted by atomic mass is 9.95. The van der Waals surface area contributed by atoms with Gasteiger partial charge >= 0.3 is 6.18 Å². The molecule has 1 atom stereocenters. The summed E-state index contributed by atoms with van der Waals surface area (Å²) in [5.74, 6) is -0.335. The molecule has 2 aliphatic heterocycles. The number of aromatic nitrogens is 1. The topological polar surface area (TPSA) is 39.7 Å². The molecule has 8 heteroatoms. The summed E-state index contributed by atoms with van der Waals surface area (Å²) in [6.07, 6.45) is -1.72. The van der Waals surface area contributed by atoms with Gasteiger partial charge in [-0.25, -0.2) is 4.98 Å². The van der Waals surface area contributed by atoms with Crippen molar-refractivity contribution < 1.29 is 18.0 Å². The van der Waals surface area contributed by atoms with Crippen LogP contribution in [0.25, 0.3) is 0 Å². The van der Waals surface area contributed by atoms with Crippen LogP contribution in [0.3, 0.4) is 0 Å². The summed E-state index contributed by atoms with van der Waals surface area (Å²) in [4.78, 5) is 22.8. The SMILES string of the molecule is O=C(C1CCCN(c2ncccc2C(F)(F)F)C1)N1CCN(c2ccccc2)CC1. The third-order valence-corrected chi connectivity index (χ3v) is 5.87. The number of amides is 1. The first-order valence-electron chi connectivity index (χ1n) is 10.3. The molecule has 30 heavy (non-hydrogen) atoms. The maximum atomic E-state index is 13.4. The number of rotatable bonds is 3. The summed E-state index contributed by atoms with van der Waals surface area (Å²) in [5.41, 5.74) is 0.401. The van der Waals surface area contributed by atoms with E-state index in [-0.39, 0.29) is 24.2 Å². The molecule has 1 amide bonds. The number of pyridine rings is 1. The first kappa shape index (κ1) is 20.5. The highest BCUT2D eigenvalue weighted by Crippen LogP contribution is 2.36. The second-order valence-electron chi connectivity index (χ2n) is 7.81. The lowest BCUT2D eigenvalue weighted by Crippen LogP contribution is -2.52. The monoisotopic (exact) mass is 418 g/mol. The van der Waals surface area contributed by atoms with E-state index >= 15 is 0 Å². The minimum Gasteiger partial charge on any atom is -0.368 e. The molecular weight excluding hydrogens is 393 g/mol. The van der Waals surface area contributed by atoms with Gasteiger partial charge in [0.05, 0.1) is 11.5 Å². The van der Waals surface area contributed by atoms with Crippen molar-refractivity contribution in [1.29, 1.82) is 0 Å². The number of piperidine rings is 1. The molecular formula is C22H25F3N4O. The predicted molar refractivity (Wildman–Crippen MR) is 109 cm³/mol. The molecule has 160 valence electrons. The van der Waals surface area contributed by atoms with Crippen LogP contribution in [0, 0.1) is 5.92 Å². The third-order valence-electron chi connectivity index (χ3n) is 5.87. The number of carbonyl (C=O) groups excluding carboxylic acids is 1. The largest absolute Gasteiger partial charge is 0.419 e. The van der Waals surface area contributed by atoms with Gasteiger partial charge in [-0.05, 0) is 37.1 Å². The summed E-state index contributed by atoms with van der Waals surface area (Å²) >= 11 is 0. The molecule has 4 rings (SSSR count). The minimum atomic E-state index is -4.46. The fourth-order valence-electron chi connectivity index (χ4n) is 4.32. The zero-order chi connectivity index (χ0) is 21.1. The summed E-state index contributed by atoms with van der Waals surface area (Å²) in [7, 11) is 0. The molecule has 2 aliphatic rings. The van der Waals surface area contributed by atoms with E-state index in [2.05, 4.69) is 22.0 Å². The summed E-state index contributed by atoms with van der Waals surface area (Å²) in [5, 5.41) is 0. The molecule has 1 unspecified atom stereocenters. The van der Waals surface area contributed by atoms with Crippen LogP contribution in [0.1, 0.15) is 18.4 Å². The van der Waals surface area contributed by atoms with Crippen molar-refractivity contribution in [2.45, 2.75) is 19.0 Å². The van der Waals surface area contributed by atoms with Crippen molar-refractivity contribution in [3.63, 3.8) is 0 Å². The Balaban J connectivity index is 1.40. The Morgan fingerprint density at radius 1 is 0.933 bits per heavy atom. The zero-order valence-electron chi connectivity index (χ0n) is 16.7. The Hall–Kier alpha value is -2.77. The van der Waals surface area contributed by atoms with Crippen molar-refractivity contribution in [3.8, 4) is 0 Å². The van der Waals surface area contributed by atoms with Crippen LogP contribution in [0.2, 0.25) is 0 Å². The van der Waals surface area contributed by atoms with Crippen LogP contribution in [0.4, 0.5) is 24.7 Å². The van der Waals surface area contributed by atoms with Crippen LogP contribution < -0.4 is 9.80 Å². The maximum Gasteiger partial charge on any atom is 0.419 e.